The molecule has 0 spiro atoms. The molecule has 4 nitrogen and oxygen atoms in total. The lowest BCUT2D eigenvalue weighted by Crippen LogP contribution is -2.28. The number of hydrogen-bond acceptors (Lipinski definition) is 4. The van der Waals surface area contributed by atoms with E-state index in [1.165, 1.54) is 88.3 Å². The van der Waals surface area contributed by atoms with Crippen LogP contribution in [0.3, 0.4) is 0 Å². The molecule has 2 heterocycles. The van der Waals surface area contributed by atoms with Gasteiger partial charge < -0.3 is 18.6 Å². The van der Waals surface area contributed by atoms with Gasteiger partial charge in [-0.1, -0.05) is 413 Å². The number of rotatable bonds is 16. The van der Waals surface area contributed by atoms with Gasteiger partial charge in [0.1, 0.15) is 22.3 Å². The fraction of sp³-hybridized carbons (Fsp3) is 0.0161. The first-order valence-electron chi connectivity index (χ1n) is 44.2. The number of furan rings is 2. The second kappa shape index (κ2) is 30.1. The maximum atomic E-state index is 7.06. The molecule has 0 radical (unpaired) electrons. The number of anilines is 6. The van der Waals surface area contributed by atoms with Crippen LogP contribution in [0.5, 0.6) is 0 Å². The molecule has 1 unspecified atom stereocenters. The van der Waals surface area contributed by atoms with Gasteiger partial charge in [-0.25, -0.2) is 0 Å². The fourth-order valence-corrected chi connectivity index (χ4v) is 21.6. The van der Waals surface area contributed by atoms with Gasteiger partial charge in [0.05, 0.1) is 27.9 Å². The second-order valence-electron chi connectivity index (χ2n) is 33.9. The van der Waals surface area contributed by atoms with E-state index in [1.54, 1.807) is 0 Å². The SMILES string of the molecule is c1ccc(C2(c3ccccc3)c3ccccc3-c3ccc(-c4ccc(N(c5ccc(-c6cccc7ccccc67)cc5)c5cc(-c6ccc(C7(c8ccccc8)c8ccccc8-c8c(N(c9ccc(-c%10cccc%11ccccc%10%11)cc9)c9ccccc9-c9cccc%10c9oc9ccccc9%10)cccc87)cc6)ccc5-c5cccc6c5oc5ccccc56)cc4)cc32)cc1. The topological polar surface area (TPSA) is 32.8 Å². The van der Waals surface area contributed by atoms with Crippen molar-refractivity contribution in [3.05, 3.63) is 530 Å². The van der Waals surface area contributed by atoms with Crippen LogP contribution in [0, 0.1) is 0 Å². The van der Waals surface area contributed by atoms with E-state index in [1.807, 2.05) is 0 Å². The third kappa shape index (κ3) is 11.6. The van der Waals surface area contributed by atoms with Crippen molar-refractivity contribution in [2.75, 3.05) is 9.80 Å². The van der Waals surface area contributed by atoms with E-state index in [0.29, 0.717) is 0 Å². The number of para-hydroxylation sites is 5. The zero-order chi connectivity index (χ0) is 84.4. The Bertz CT molecular complexity index is 8250. The van der Waals surface area contributed by atoms with Crippen molar-refractivity contribution in [2.24, 2.45) is 0 Å². The van der Waals surface area contributed by atoms with Crippen molar-refractivity contribution in [1.29, 1.82) is 0 Å². The Balaban J connectivity index is 0.665. The normalized spacial score (nSPS) is 13.6. The van der Waals surface area contributed by atoms with Crippen LogP contribution in [0.4, 0.5) is 34.1 Å². The van der Waals surface area contributed by atoms with Crippen molar-refractivity contribution in [3.8, 4) is 89.0 Å². The first-order valence-corrected chi connectivity index (χ1v) is 44.2. The average molecular weight is 1630 g/mol. The lowest BCUT2D eigenvalue weighted by Gasteiger charge is -2.35. The number of nitrogens with zero attached hydrogens (tertiary/aromatic N) is 2. The molecule has 0 saturated heterocycles. The summed E-state index contributed by atoms with van der Waals surface area (Å²) < 4.78 is 14.0. The maximum Gasteiger partial charge on any atom is 0.143 e. The van der Waals surface area contributed by atoms with Crippen LogP contribution in [0.2, 0.25) is 0 Å². The molecule has 25 rings (SSSR count). The van der Waals surface area contributed by atoms with Crippen LogP contribution in [-0.2, 0) is 10.8 Å². The van der Waals surface area contributed by atoms with E-state index in [9.17, 15) is 0 Å². The Labute approximate surface area is 742 Å². The molecule has 21 aromatic carbocycles. The highest BCUT2D eigenvalue weighted by Gasteiger charge is 2.49. The lowest BCUT2D eigenvalue weighted by molar-refractivity contribution is 0.669. The summed E-state index contributed by atoms with van der Waals surface area (Å²) in [7, 11) is 0. The minimum absolute atomic E-state index is 0.550. The highest BCUT2D eigenvalue weighted by atomic mass is 16.3. The Morgan fingerprint density at radius 1 is 0.172 bits per heavy atom. The molecular weight excluding hydrogens is 1550 g/mol. The van der Waals surface area contributed by atoms with Gasteiger partial charge in [-0.05, 0) is 200 Å². The quantitative estimate of drug-likeness (QED) is 0.0965. The predicted molar refractivity (Wildman–Crippen MR) is 533 cm³/mol. The summed E-state index contributed by atoms with van der Waals surface area (Å²) in [6.07, 6.45) is 0. The summed E-state index contributed by atoms with van der Waals surface area (Å²) in [5.74, 6) is 0. The largest absolute Gasteiger partial charge is 0.455 e. The molecule has 128 heavy (non-hydrogen) atoms. The predicted octanol–water partition coefficient (Wildman–Crippen LogP) is 33.5. The van der Waals surface area contributed by atoms with E-state index in [-0.39, 0.29) is 0 Å². The highest BCUT2D eigenvalue weighted by Crippen LogP contribution is 2.62. The second-order valence-corrected chi connectivity index (χ2v) is 33.9. The van der Waals surface area contributed by atoms with Gasteiger partial charge in [0.15, 0.2) is 0 Å². The van der Waals surface area contributed by atoms with Crippen molar-refractivity contribution < 1.29 is 8.83 Å². The van der Waals surface area contributed by atoms with Crippen LogP contribution in [0.15, 0.2) is 494 Å². The molecule has 0 N–H and O–H groups in total. The molecule has 1 atom stereocenters. The molecule has 0 amide bonds. The van der Waals surface area contributed by atoms with Crippen LogP contribution >= 0.6 is 0 Å². The van der Waals surface area contributed by atoms with Crippen LogP contribution in [-0.4, -0.2) is 0 Å². The Morgan fingerprint density at radius 2 is 0.508 bits per heavy atom. The van der Waals surface area contributed by atoms with E-state index in [2.05, 4.69) is 495 Å². The number of benzene rings is 21. The summed E-state index contributed by atoms with van der Waals surface area (Å²) in [5, 5.41) is 9.16. The van der Waals surface area contributed by atoms with Crippen molar-refractivity contribution in [3.63, 3.8) is 0 Å². The third-order valence-electron chi connectivity index (χ3n) is 27.3. The number of hydrogen-bond donors (Lipinski definition) is 0. The van der Waals surface area contributed by atoms with E-state index in [0.717, 1.165) is 145 Å². The molecule has 598 valence electrons. The van der Waals surface area contributed by atoms with E-state index >= 15 is 0 Å². The zero-order valence-corrected chi connectivity index (χ0v) is 69.9. The summed E-state index contributed by atoms with van der Waals surface area (Å²) >= 11 is 0. The monoisotopic (exact) mass is 1630 g/mol. The third-order valence-corrected chi connectivity index (χ3v) is 27.3. The highest BCUT2D eigenvalue weighted by molar-refractivity contribution is 6.14. The molecule has 2 aliphatic carbocycles. The first-order chi connectivity index (χ1) is 63.5. The van der Waals surface area contributed by atoms with Crippen LogP contribution in [0.1, 0.15) is 44.5 Å². The van der Waals surface area contributed by atoms with Crippen molar-refractivity contribution >= 4 is 99.5 Å². The smallest absolute Gasteiger partial charge is 0.143 e. The number of fused-ring (bicyclic) bond motifs is 14. The Morgan fingerprint density at radius 3 is 1.06 bits per heavy atom. The molecule has 2 aliphatic rings. The molecule has 2 aromatic heterocycles. The molecule has 0 bridgehead atoms. The standard InChI is InChI=1S/C124H80N2O2/c1-4-33-89(34-5-1)123(112-53-20-15-45-110(112)120-113(123)54-28-56-116(120)126(95-75-65-86(66-76-95)99-47-25-32-84-30-11-13-40-97(84)99)115-55-21-16-42-102(115)106-48-26-50-108-104-43-17-22-57-118(104)127-121(106)108)92-69-59-81(60-70-92)88-68-78-103(107-49-27-51-109-105-44-18-23-58-119(105)128-122(107)109)117(80-88)125(94-73-63-85(64-74-94)98-46-24-31-83-29-10-12-39-96(83)98)93-71-61-82(62-72-93)87-67-77-101-100-41-14-19-52-111(100)124(114(101)79-87,90-35-6-2-7-36-90)91-37-8-3-9-38-91/h1-80H. The van der Waals surface area contributed by atoms with Crippen LogP contribution < -0.4 is 9.80 Å². The van der Waals surface area contributed by atoms with Gasteiger partial charge >= 0.3 is 0 Å². The van der Waals surface area contributed by atoms with Crippen molar-refractivity contribution in [2.45, 2.75) is 10.8 Å². The summed E-state index contributed by atoms with van der Waals surface area (Å²) in [6, 6.07) is 179. The minimum Gasteiger partial charge on any atom is -0.455 e. The van der Waals surface area contributed by atoms with Crippen LogP contribution in [0.25, 0.3) is 154 Å². The molecular formula is C124H80N2O2. The molecule has 0 saturated carbocycles. The molecule has 0 aliphatic heterocycles. The average Bonchev–Trinajstić information content (AvgIpc) is 1.55. The summed E-state index contributed by atoms with van der Waals surface area (Å²) in [6.45, 7) is 0. The van der Waals surface area contributed by atoms with Gasteiger partial charge in [-0.3, -0.25) is 0 Å². The van der Waals surface area contributed by atoms with Gasteiger partial charge in [-0.15, -0.1) is 0 Å². The fourth-order valence-electron chi connectivity index (χ4n) is 21.6. The van der Waals surface area contributed by atoms with Gasteiger partial charge in [-0.2, -0.15) is 0 Å². The Kier molecular flexibility index (Phi) is 17.4. The summed E-state index contributed by atoms with van der Waals surface area (Å²) in [5.41, 5.74) is 35.9. The molecule has 0 fully saturated rings. The zero-order valence-electron chi connectivity index (χ0n) is 69.9. The molecule has 4 heteroatoms. The first kappa shape index (κ1) is 74.0. The van der Waals surface area contributed by atoms with E-state index in [4.69, 9.17) is 8.83 Å². The minimum atomic E-state index is -0.788. The maximum absolute atomic E-state index is 7.06. The Hall–Kier alpha value is -16.7. The van der Waals surface area contributed by atoms with Gasteiger partial charge in [0.2, 0.25) is 0 Å². The van der Waals surface area contributed by atoms with Gasteiger partial charge in [0, 0.05) is 66.4 Å². The molecule has 23 aromatic rings. The van der Waals surface area contributed by atoms with Crippen molar-refractivity contribution in [1.82, 2.24) is 0 Å². The lowest BCUT2D eigenvalue weighted by atomic mass is 9.67. The van der Waals surface area contributed by atoms with E-state index < -0.39 is 10.8 Å². The summed E-state index contributed by atoms with van der Waals surface area (Å²) in [4.78, 5) is 4.97. The van der Waals surface area contributed by atoms with Gasteiger partial charge in [0.25, 0.3) is 0 Å².